The van der Waals surface area contributed by atoms with E-state index >= 15 is 0 Å². The van der Waals surface area contributed by atoms with E-state index in [1.807, 2.05) is 19.9 Å². The van der Waals surface area contributed by atoms with Gasteiger partial charge in [-0.25, -0.2) is 8.70 Å². The normalized spacial score (nSPS) is 12.3. The third-order valence-corrected chi connectivity index (χ3v) is 7.72. The van der Waals surface area contributed by atoms with Gasteiger partial charge in [0.25, 0.3) is 0 Å². The number of rotatable bonds is 12. The van der Waals surface area contributed by atoms with Gasteiger partial charge in [0, 0.05) is 27.2 Å². The van der Waals surface area contributed by atoms with E-state index in [4.69, 9.17) is 0 Å². The summed E-state index contributed by atoms with van der Waals surface area (Å²) in [6, 6.07) is 10.1. The van der Waals surface area contributed by atoms with Crippen LogP contribution in [0.3, 0.4) is 0 Å². The van der Waals surface area contributed by atoms with Crippen molar-refractivity contribution < 1.29 is 22.4 Å². The highest BCUT2D eigenvalue weighted by molar-refractivity contribution is 7.90. The van der Waals surface area contributed by atoms with Gasteiger partial charge >= 0.3 is 10.2 Å². The van der Waals surface area contributed by atoms with Crippen LogP contribution in [0.5, 0.6) is 0 Å². The average Bonchev–Trinajstić information content (AvgIpc) is 2.83. The van der Waals surface area contributed by atoms with E-state index in [0.717, 1.165) is 27.0 Å². The first-order valence-electron chi connectivity index (χ1n) is 12.0. The monoisotopic (exact) mass is 520 g/mol. The molecular formula is C26H37FN4O4S. The number of hydrogen-bond acceptors (Lipinski definition) is 4. The highest BCUT2D eigenvalue weighted by Gasteiger charge is 2.33. The quantitative estimate of drug-likeness (QED) is 0.435. The second-order valence-electron chi connectivity index (χ2n) is 9.06. The van der Waals surface area contributed by atoms with E-state index in [9.17, 15) is 22.4 Å². The molecule has 0 spiro atoms. The van der Waals surface area contributed by atoms with Crippen molar-refractivity contribution in [3.05, 3.63) is 65.0 Å². The maximum Gasteiger partial charge on any atom is 0.304 e. The number of carbonyl (C=O) groups is 2. The summed E-state index contributed by atoms with van der Waals surface area (Å²) < 4.78 is 42.1. The summed E-state index contributed by atoms with van der Waals surface area (Å²) in [5, 5.41) is 2.83. The predicted molar refractivity (Wildman–Crippen MR) is 140 cm³/mol. The van der Waals surface area contributed by atoms with Crippen molar-refractivity contribution in [2.75, 3.05) is 31.5 Å². The molecule has 1 N–H and O–H groups in total. The maximum absolute atomic E-state index is 13.7. The fourth-order valence-electron chi connectivity index (χ4n) is 3.60. The largest absolute Gasteiger partial charge is 0.354 e. The number of hydrogen-bond donors (Lipinski definition) is 1. The summed E-state index contributed by atoms with van der Waals surface area (Å²) >= 11 is 0. The van der Waals surface area contributed by atoms with Gasteiger partial charge in [-0.15, -0.1) is 0 Å². The Morgan fingerprint density at radius 3 is 2.28 bits per heavy atom. The standard InChI is InChI=1S/C26H37FN4O4S/c1-7-8-15-28-26(33)21(4)30(17-22-11-13-23(27)14-12-22)25(32)18-31(36(34,35)29(5)6)24-16-19(2)9-10-20(24)3/h9-14,16,21H,7-8,15,17-18H2,1-6H3,(H,28,33). The number of halogens is 1. The summed E-state index contributed by atoms with van der Waals surface area (Å²) in [4.78, 5) is 27.9. The Morgan fingerprint density at radius 1 is 1.06 bits per heavy atom. The van der Waals surface area contributed by atoms with Gasteiger partial charge < -0.3 is 10.2 Å². The minimum Gasteiger partial charge on any atom is -0.354 e. The topological polar surface area (TPSA) is 90.0 Å². The predicted octanol–water partition coefficient (Wildman–Crippen LogP) is 3.39. The number of nitrogens with one attached hydrogen (secondary N) is 1. The Labute approximate surface area is 214 Å². The lowest BCUT2D eigenvalue weighted by Gasteiger charge is -2.33. The van der Waals surface area contributed by atoms with Gasteiger partial charge in [-0.3, -0.25) is 9.59 Å². The van der Waals surface area contributed by atoms with Gasteiger partial charge in [0.2, 0.25) is 11.8 Å². The van der Waals surface area contributed by atoms with Crippen LogP contribution in [0, 0.1) is 19.7 Å². The number of carbonyl (C=O) groups excluding carboxylic acids is 2. The van der Waals surface area contributed by atoms with Crippen molar-refractivity contribution in [1.82, 2.24) is 14.5 Å². The second kappa shape index (κ2) is 12.8. The van der Waals surface area contributed by atoms with Crippen LogP contribution in [0.2, 0.25) is 0 Å². The summed E-state index contributed by atoms with van der Waals surface area (Å²) in [5.74, 6) is -1.31. The number of unbranched alkanes of at least 4 members (excludes halogenated alkanes) is 1. The number of nitrogens with zero attached hydrogens (tertiary/aromatic N) is 3. The van der Waals surface area contributed by atoms with Crippen molar-refractivity contribution in [2.24, 2.45) is 0 Å². The van der Waals surface area contributed by atoms with Crippen LogP contribution >= 0.6 is 0 Å². The molecule has 2 aromatic carbocycles. The van der Waals surface area contributed by atoms with E-state index in [0.29, 0.717) is 23.4 Å². The van der Waals surface area contributed by atoms with E-state index in [1.54, 1.807) is 26.0 Å². The van der Waals surface area contributed by atoms with Crippen LogP contribution in [0.25, 0.3) is 0 Å². The first-order valence-corrected chi connectivity index (χ1v) is 13.4. The van der Waals surface area contributed by atoms with Crippen molar-refractivity contribution in [3.8, 4) is 0 Å². The SMILES string of the molecule is CCCCNC(=O)C(C)N(Cc1ccc(F)cc1)C(=O)CN(c1cc(C)ccc1C)S(=O)(=O)N(C)C. The Bertz CT molecular complexity index is 1150. The minimum atomic E-state index is -4.03. The van der Waals surface area contributed by atoms with Crippen LogP contribution in [0.15, 0.2) is 42.5 Å². The average molecular weight is 521 g/mol. The lowest BCUT2D eigenvalue weighted by atomic mass is 10.1. The number of aryl methyl sites for hydroxylation is 2. The highest BCUT2D eigenvalue weighted by atomic mass is 32.2. The van der Waals surface area contributed by atoms with Crippen LogP contribution in [-0.4, -0.2) is 62.7 Å². The Kier molecular flexibility index (Phi) is 10.4. The third kappa shape index (κ3) is 7.51. The Balaban J connectivity index is 2.46. The molecule has 1 atom stereocenters. The molecule has 0 aliphatic rings. The molecule has 0 bridgehead atoms. The molecule has 0 aliphatic carbocycles. The van der Waals surface area contributed by atoms with Crippen molar-refractivity contribution in [3.63, 3.8) is 0 Å². The van der Waals surface area contributed by atoms with Crippen molar-refractivity contribution >= 4 is 27.7 Å². The van der Waals surface area contributed by atoms with Gasteiger partial charge in [0.05, 0.1) is 5.69 Å². The lowest BCUT2D eigenvalue weighted by Crippen LogP contribution is -2.52. The molecular weight excluding hydrogens is 483 g/mol. The van der Waals surface area contributed by atoms with Crippen LogP contribution in [-0.2, 0) is 26.3 Å². The molecule has 2 aromatic rings. The zero-order chi connectivity index (χ0) is 27.0. The molecule has 0 aromatic heterocycles. The molecule has 2 amide bonds. The molecule has 1 unspecified atom stereocenters. The van der Waals surface area contributed by atoms with E-state index in [-0.39, 0.29) is 12.5 Å². The first kappa shape index (κ1) is 29.3. The number of amides is 2. The first-order chi connectivity index (χ1) is 16.9. The summed E-state index contributed by atoms with van der Waals surface area (Å²) in [6.07, 6.45) is 1.70. The van der Waals surface area contributed by atoms with Crippen molar-refractivity contribution in [2.45, 2.75) is 53.1 Å². The van der Waals surface area contributed by atoms with E-state index in [1.165, 1.54) is 43.3 Å². The molecule has 10 heteroatoms. The van der Waals surface area contributed by atoms with Gasteiger partial charge in [-0.1, -0.05) is 37.6 Å². The molecule has 0 aliphatic heterocycles. The molecule has 198 valence electrons. The molecule has 0 fully saturated rings. The summed E-state index contributed by atoms with van der Waals surface area (Å²) in [7, 11) is -1.23. The van der Waals surface area contributed by atoms with Crippen LogP contribution in [0.1, 0.15) is 43.4 Å². The molecule has 2 rings (SSSR count). The molecule has 0 saturated heterocycles. The van der Waals surface area contributed by atoms with Crippen LogP contribution in [0.4, 0.5) is 10.1 Å². The summed E-state index contributed by atoms with van der Waals surface area (Å²) in [6.45, 7) is 7.22. The minimum absolute atomic E-state index is 0.0180. The number of benzene rings is 2. The van der Waals surface area contributed by atoms with Gasteiger partial charge in [-0.05, 0) is 62.1 Å². The van der Waals surface area contributed by atoms with Crippen LogP contribution < -0.4 is 9.62 Å². The maximum atomic E-state index is 13.7. The summed E-state index contributed by atoms with van der Waals surface area (Å²) in [5.41, 5.74) is 2.54. The fourth-order valence-corrected chi connectivity index (χ4v) is 4.71. The molecule has 0 radical (unpaired) electrons. The van der Waals surface area contributed by atoms with E-state index < -0.39 is 34.5 Å². The zero-order valence-electron chi connectivity index (χ0n) is 21.9. The van der Waals surface area contributed by atoms with Gasteiger partial charge in [-0.2, -0.15) is 12.7 Å². The van der Waals surface area contributed by atoms with Gasteiger partial charge in [0.1, 0.15) is 18.4 Å². The Morgan fingerprint density at radius 2 is 1.69 bits per heavy atom. The fraction of sp³-hybridized carbons (Fsp3) is 0.462. The van der Waals surface area contributed by atoms with Gasteiger partial charge in [0.15, 0.2) is 0 Å². The lowest BCUT2D eigenvalue weighted by molar-refractivity contribution is -0.139. The molecule has 8 nitrogen and oxygen atoms in total. The highest BCUT2D eigenvalue weighted by Crippen LogP contribution is 2.26. The molecule has 36 heavy (non-hydrogen) atoms. The Hall–Kier alpha value is -2.98. The zero-order valence-corrected chi connectivity index (χ0v) is 22.7. The van der Waals surface area contributed by atoms with E-state index in [2.05, 4.69) is 5.32 Å². The smallest absolute Gasteiger partial charge is 0.304 e. The number of anilines is 1. The third-order valence-electron chi connectivity index (χ3n) is 5.92. The van der Waals surface area contributed by atoms with Crippen molar-refractivity contribution in [1.29, 1.82) is 0 Å². The molecule has 0 saturated carbocycles. The second-order valence-corrected chi connectivity index (χ2v) is 11.1. The molecule has 0 heterocycles.